The van der Waals surface area contributed by atoms with Gasteiger partial charge in [0.05, 0.1) is 7.11 Å². The van der Waals surface area contributed by atoms with Gasteiger partial charge < -0.3 is 4.74 Å². The number of methoxy groups -OCH3 is 1. The number of aryl methyl sites for hydroxylation is 1. The summed E-state index contributed by atoms with van der Waals surface area (Å²) in [5, 5.41) is 9.96. The first kappa shape index (κ1) is 9.15. The lowest BCUT2D eigenvalue weighted by Crippen LogP contribution is -1.83. The summed E-state index contributed by atoms with van der Waals surface area (Å²) in [6.45, 7) is 1.95. The van der Waals surface area contributed by atoms with Crippen LogP contribution in [0.3, 0.4) is 0 Å². The fraction of sp³-hybridized carbons (Fsp3) is 0.200. The molecular formula is C10H10N2OS. The van der Waals surface area contributed by atoms with E-state index >= 15 is 0 Å². The maximum absolute atomic E-state index is 5.14. The van der Waals surface area contributed by atoms with Crippen molar-refractivity contribution >= 4 is 11.3 Å². The van der Waals surface area contributed by atoms with Crippen LogP contribution in [0.25, 0.3) is 10.6 Å². The monoisotopic (exact) mass is 206 g/mol. The normalized spacial score (nSPS) is 10.1. The molecule has 0 saturated heterocycles. The Labute approximate surface area is 86.4 Å². The Kier molecular flexibility index (Phi) is 2.45. The zero-order valence-electron chi connectivity index (χ0n) is 8.02. The lowest BCUT2D eigenvalue weighted by atomic mass is 10.2. The van der Waals surface area contributed by atoms with E-state index in [4.69, 9.17) is 4.74 Å². The van der Waals surface area contributed by atoms with E-state index in [1.54, 1.807) is 18.4 Å². The number of hydrogen-bond donors (Lipinski definition) is 0. The van der Waals surface area contributed by atoms with Crippen LogP contribution in [-0.2, 0) is 0 Å². The van der Waals surface area contributed by atoms with Crippen molar-refractivity contribution in [1.82, 2.24) is 10.2 Å². The first-order chi connectivity index (χ1) is 6.79. The molecule has 0 atom stereocenters. The predicted molar refractivity (Wildman–Crippen MR) is 56.6 cm³/mol. The van der Waals surface area contributed by atoms with Crippen molar-refractivity contribution in [2.75, 3.05) is 7.11 Å². The quantitative estimate of drug-likeness (QED) is 0.757. The van der Waals surface area contributed by atoms with E-state index in [0.29, 0.717) is 0 Å². The summed E-state index contributed by atoms with van der Waals surface area (Å²) in [7, 11) is 1.66. The van der Waals surface area contributed by atoms with Gasteiger partial charge in [0.1, 0.15) is 15.8 Å². The molecule has 0 aliphatic heterocycles. The van der Waals surface area contributed by atoms with Gasteiger partial charge in [0.15, 0.2) is 0 Å². The Balaban J connectivity index is 2.41. The summed E-state index contributed by atoms with van der Waals surface area (Å²) in [5.74, 6) is 0.843. The highest BCUT2D eigenvalue weighted by Crippen LogP contribution is 2.25. The van der Waals surface area contributed by atoms with Crippen LogP contribution in [0.5, 0.6) is 5.75 Å². The van der Waals surface area contributed by atoms with Crippen LogP contribution in [0, 0.1) is 6.92 Å². The first-order valence-corrected chi connectivity index (χ1v) is 5.06. The molecule has 0 spiro atoms. The van der Waals surface area contributed by atoms with Gasteiger partial charge in [-0.2, -0.15) is 0 Å². The lowest BCUT2D eigenvalue weighted by Gasteiger charge is -2.00. The minimum Gasteiger partial charge on any atom is -0.497 e. The van der Waals surface area contributed by atoms with Crippen LogP contribution in [0.4, 0.5) is 0 Å². The van der Waals surface area contributed by atoms with Crippen LogP contribution < -0.4 is 4.74 Å². The fourth-order valence-electron chi connectivity index (χ4n) is 1.17. The molecule has 0 unspecified atom stereocenters. The molecule has 0 bridgehead atoms. The molecule has 0 N–H and O–H groups in total. The Bertz CT molecular complexity index is 439. The molecule has 72 valence electrons. The molecule has 2 rings (SSSR count). The van der Waals surface area contributed by atoms with E-state index in [1.807, 2.05) is 31.2 Å². The van der Waals surface area contributed by atoms with Gasteiger partial charge in [0, 0.05) is 5.56 Å². The van der Waals surface area contributed by atoms with Gasteiger partial charge in [-0.1, -0.05) is 23.5 Å². The zero-order chi connectivity index (χ0) is 9.97. The van der Waals surface area contributed by atoms with Crippen molar-refractivity contribution in [3.05, 3.63) is 29.3 Å². The summed E-state index contributed by atoms with van der Waals surface area (Å²) in [5.41, 5.74) is 1.05. The second kappa shape index (κ2) is 3.75. The average molecular weight is 206 g/mol. The molecule has 3 nitrogen and oxygen atoms in total. The van der Waals surface area contributed by atoms with Crippen molar-refractivity contribution < 1.29 is 4.74 Å². The summed E-state index contributed by atoms with van der Waals surface area (Å²) < 4.78 is 5.14. The van der Waals surface area contributed by atoms with Crippen molar-refractivity contribution in [3.8, 4) is 16.3 Å². The third-order valence-electron chi connectivity index (χ3n) is 1.84. The molecule has 0 fully saturated rings. The summed E-state index contributed by atoms with van der Waals surface area (Å²) >= 11 is 1.58. The number of nitrogens with zero attached hydrogens (tertiary/aromatic N) is 2. The second-order valence-corrected chi connectivity index (χ2v) is 4.04. The van der Waals surface area contributed by atoms with Crippen LogP contribution in [-0.4, -0.2) is 17.3 Å². The molecule has 0 radical (unpaired) electrons. The number of benzene rings is 1. The van der Waals surface area contributed by atoms with Crippen LogP contribution in [0.15, 0.2) is 24.3 Å². The van der Waals surface area contributed by atoms with Crippen molar-refractivity contribution in [3.63, 3.8) is 0 Å². The fourth-order valence-corrected chi connectivity index (χ4v) is 1.86. The zero-order valence-corrected chi connectivity index (χ0v) is 8.84. The van der Waals surface area contributed by atoms with Gasteiger partial charge in [-0.3, -0.25) is 0 Å². The highest BCUT2D eigenvalue weighted by molar-refractivity contribution is 7.14. The van der Waals surface area contributed by atoms with Gasteiger partial charge in [-0.15, -0.1) is 10.2 Å². The van der Waals surface area contributed by atoms with E-state index in [1.165, 1.54) is 0 Å². The van der Waals surface area contributed by atoms with Gasteiger partial charge in [0.2, 0.25) is 0 Å². The minimum atomic E-state index is 0.843. The molecular weight excluding hydrogens is 196 g/mol. The van der Waals surface area contributed by atoms with Gasteiger partial charge in [-0.05, 0) is 19.1 Å². The second-order valence-electron chi connectivity index (χ2n) is 2.86. The molecule has 0 aliphatic carbocycles. The maximum Gasteiger partial charge on any atom is 0.147 e. The number of aromatic nitrogens is 2. The minimum absolute atomic E-state index is 0.843. The van der Waals surface area contributed by atoms with Crippen molar-refractivity contribution in [2.24, 2.45) is 0 Å². The molecule has 0 amide bonds. The topological polar surface area (TPSA) is 35.0 Å². The van der Waals surface area contributed by atoms with Gasteiger partial charge in [-0.25, -0.2) is 0 Å². The highest BCUT2D eigenvalue weighted by Gasteiger charge is 2.04. The lowest BCUT2D eigenvalue weighted by molar-refractivity contribution is 0.415. The Morgan fingerprint density at radius 1 is 1.29 bits per heavy atom. The van der Waals surface area contributed by atoms with Crippen LogP contribution in [0.2, 0.25) is 0 Å². The smallest absolute Gasteiger partial charge is 0.147 e. The number of hydrogen-bond acceptors (Lipinski definition) is 4. The van der Waals surface area contributed by atoms with Crippen molar-refractivity contribution in [1.29, 1.82) is 0 Å². The molecule has 1 heterocycles. The molecule has 2 aromatic rings. The van der Waals surface area contributed by atoms with Gasteiger partial charge >= 0.3 is 0 Å². The largest absolute Gasteiger partial charge is 0.497 e. The molecule has 4 heteroatoms. The Morgan fingerprint density at radius 2 is 2.14 bits per heavy atom. The maximum atomic E-state index is 5.14. The molecule has 0 aliphatic rings. The average Bonchev–Trinajstić information content (AvgIpc) is 2.65. The SMILES string of the molecule is COc1cccc(-c2nnc(C)s2)c1. The summed E-state index contributed by atoms with van der Waals surface area (Å²) in [4.78, 5) is 0. The molecule has 1 aromatic heterocycles. The molecule has 0 saturated carbocycles. The molecule has 1 aromatic carbocycles. The number of ether oxygens (including phenoxy) is 1. The molecule has 14 heavy (non-hydrogen) atoms. The third-order valence-corrected chi connectivity index (χ3v) is 2.73. The van der Waals surface area contributed by atoms with E-state index in [2.05, 4.69) is 10.2 Å². The van der Waals surface area contributed by atoms with E-state index < -0.39 is 0 Å². The van der Waals surface area contributed by atoms with Crippen LogP contribution >= 0.6 is 11.3 Å². The summed E-state index contributed by atoms with van der Waals surface area (Å²) in [6, 6.07) is 7.82. The number of rotatable bonds is 2. The van der Waals surface area contributed by atoms with E-state index in [-0.39, 0.29) is 0 Å². The van der Waals surface area contributed by atoms with E-state index in [9.17, 15) is 0 Å². The van der Waals surface area contributed by atoms with Crippen molar-refractivity contribution in [2.45, 2.75) is 6.92 Å². The summed E-state index contributed by atoms with van der Waals surface area (Å²) in [6.07, 6.45) is 0. The highest BCUT2D eigenvalue weighted by atomic mass is 32.1. The van der Waals surface area contributed by atoms with Gasteiger partial charge in [0.25, 0.3) is 0 Å². The van der Waals surface area contributed by atoms with Crippen LogP contribution in [0.1, 0.15) is 5.01 Å². The van der Waals surface area contributed by atoms with E-state index in [0.717, 1.165) is 21.3 Å². The Hall–Kier alpha value is -1.42. The third kappa shape index (κ3) is 1.75. The predicted octanol–water partition coefficient (Wildman–Crippen LogP) is 2.52. The first-order valence-electron chi connectivity index (χ1n) is 4.24. The Morgan fingerprint density at radius 3 is 2.79 bits per heavy atom. The standard InChI is InChI=1S/C10H10N2OS/c1-7-11-12-10(14-7)8-4-3-5-9(6-8)13-2/h3-6H,1-2H3.